The number of pyridine rings is 1. The molecule has 0 bridgehead atoms. The highest BCUT2D eigenvalue weighted by molar-refractivity contribution is 6.01. The first-order valence-corrected chi connectivity index (χ1v) is 8.40. The van der Waals surface area contributed by atoms with Crippen molar-refractivity contribution in [1.82, 2.24) is 20.1 Å². The van der Waals surface area contributed by atoms with Crippen LogP contribution in [0.15, 0.2) is 30.3 Å². The van der Waals surface area contributed by atoms with Gasteiger partial charge < -0.3 is 20.4 Å². The predicted molar refractivity (Wildman–Crippen MR) is 97.6 cm³/mol. The van der Waals surface area contributed by atoms with Gasteiger partial charge >= 0.3 is 6.03 Å². The van der Waals surface area contributed by atoms with Crippen molar-refractivity contribution in [2.24, 2.45) is 0 Å². The molecule has 0 aliphatic carbocycles. The summed E-state index contributed by atoms with van der Waals surface area (Å²) in [5.41, 5.74) is 2.33. The zero-order valence-corrected chi connectivity index (χ0v) is 14.6. The number of likely N-dealkylation sites (N-methyl/N-ethyl adjacent to an activating group) is 1. The maximum absolute atomic E-state index is 12.2. The number of anilines is 1. The van der Waals surface area contributed by atoms with Crippen molar-refractivity contribution in [2.45, 2.75) is 6.92 Å². The average Bonchev–Trinajstić information content (AvgIpc) is 2.60. The van der Waals surface area contributed by atoms with Gasteiger partial charge in [-0.3, -0.25) is 9.78 Å². The number of hydrogen-bond acceptors (Lipinski definition) is 4. The van der Waals surface area contributed by atoms with E-state index in [-0.39, 0.29) is 12.5 Å². The summed E-state index contributed by atoms with van der Waals surface area (Å²) < 4.78 is 0. The first-order chi connectivity index (χ1) is 12.0. The summed E-state index contributed by atoms with van der Waals surface area (Å²) in [6, 6.07) is 9.06. The Morgan fingerprint density at radius 1 is 1.16 bits per heavy atom. The number of para-hydroxylation sites is 1. The third kappa shape index (κ3) is 4.24. The predicted octanol–water partition coefficient (Wildman–Crippen LogP) is 1.44. The second-order valence-corrected chi connectivity index (χ2v) is 6.32. The highest BCUT2D eigenvalue weighted by Gasteiger charge is 2.19. The van der Waals surface area contributed by atoms with Crippen LogP contribution in [0.1, 0.15) is 5.69 Å². The summed E-state index contributed by atoms with van der Waals surface area (Å²) in [7, 11) is 2.04. The molecule has 1 aromatic carbocycles. The summed E-state index contributed by atoms with van der Waals surface area (Å²) in [6.45, 7) is 5.00. The molecule has 1 aliphatic heterocycles. The van der Waals surface area contributed by atoms with Crippen molar-refractivity contribution < 1.29 is 9.59 Å². The van der Waals surface area contributed by atoms with Gasteiger partial charge in [0.05, 0.1) is 17.7 Å². The molecule has 0 radical (unpaired) electrons. The van der Waals surface area contributed by atoms with Crippen molar-refractivity contribution in [3.05, 3.63) is 36.0 Å². The van der Waals surface area contributed by atoms with Crippen LogP contribution in [0.3, 0.4) is 0 Å². The SMILES string of the molecule is Cc1cc(NC(=O)NCC(=O)N2CCN(C)CC2)c2ccccc2n1. The summed E-state index contributed by atoms with van der Waals surface area (Å²) in [4.78, 5) is 32.8. The van der Waals surface area contributed by atoms with E-state index in [9.17, 15) is 9.59 Å². The molecule has 1 saturated heterocycles. The monoisotopic (exact) mass is 341 g/mol. The van der Waals surface area contributed by atoms with Crippen molar-refractivity contribution in [3.8, 4) is 0 Å². The number of benzene rings is 1. The molecule has 0 spiro atoms. The Bertz CT molecular complexity index is 784. The van der Waals surface area contributed by atoms with Gasteiger partial charge in [-0.25, -0.2) is 4.79 Å². The quantitative estimate of drug-likeness (QED) is 0.886. The fourth-order valence-corrected chi connectivity index (χ4v) is 2.90. The number of aromatic nitrogens is 1. The van der Waals surface area contributed by atoms with Gasteiger partial charge in [-0.2, -0.15) is 0 Å². The lowest BCUT2D eigenvalue weighted by Gasteiger charge is -2.32. The minimum absolute atomic E-state index is 0.00243. The van der Waals surface area contributed by atoms with Crippen molar-refractivity contribution in [2.75, 3.05) is 45.1 Å². The van der Waals surface area contributed by atoms with E-state index in [0.29, 0.717) is 18.8 Å². The highest BCUT2D eigenvalue weighted by atomic mass is 16.2. The van der Waals surface area contributed by atoms with Gasteiger partial charge in [0, 0.05) is 37.3 Å². The topological polar surface area (TPSA) is 77.6 Å². The van der Waals surface area contributed by atoms with E-state index in [1.165, 1.54) is 0 Å². The first kappa shape index (κ1) is 17.2. The largest absolute Gasteiger partial charge is 0.339 e. The normalized spacial score (nSPS) is 15.2. The van der Waals surface area contributed by atoms with Gasteiger partial charge in [0.1, 0.15) is 0 Å². The van der Waals surface area contributed by atoms with Crippen LogP contribution in [0.25, 0.3) is 10.9 Å². The molecule has 0 unspecified atom stereocenters. The zero-order chi connectivity index (χ0) is 17.8. The maximum Gasteiger partial charge on any atom is 0.319 e. The van der Waals surface area contributed by atoms with Crippen LogP contribution in [0.2, 0.25) is 0 Å². The van der Waals surface area contributed by atoms with Crippen LogP contribution in [-0.4, -0.2) is 66.5 Å². The summed E-state index contributed by atoms with van der Waals surface area (Å²) in [6.07, 6.45) is 0. The fourth-order valence-electron chi connectivity index (χ4n) is 2.90. The van der Waals surface area contributed by atoms with Crippen LogP contribution >= 0.6 is 0 Å². The minimum atomic E-state index is -0.391. The molecule has 7 heteroatoms. The summed E-state index contributed by atoms with van der Waals surface area (Å²) in [5, 5.41) is 6.34. The van der Waals surface area contributed by atoms with Crippen LogP contribution in [0.4, 0.5) is 10.5 Å². The number of nitrogens with zero attached hydrogens (tertiary/aromatic N) is 3. The number of urea groups is 1. The lowest BCUT2D eigenvalue weighted by molar-refractivity contribution is -0.131. The molecule has 0 saturated carbocycles. The van der Waals surface area contributed by atoms with Crippen LogP contribution in [-0.2, 0) is 4.79 Å². The minimum Gasteiger partial charge on any atom is -0.339 e. The van der Waals surface area contributed by atoms with Gasteiger partial charge in [0.15, 0.2) is 0 Å². The van der Waals surface area contributed by atoms with Gasteiger partial charge in [-0.05, 0) is 26.1 Å². The Labute approximate surface area is 147 Å². The molecule has 2 N–H and O–H groups in total. The first-order valence-electron chi connectivity index (χ1n) is 8.40. The van der Waals surface area contributed by atoms with E-state index in [2.05, 4.69) is 20.5 Å². The van der Waals surface area contributed by atoms with E-state index >= 15 is 0 Å². The molecule has 132 valence electrons. The summed E-state index contributed by atoms with van der Waals surface area (Å²) in [5.74, 6) is -0.0565. The molecular weight excluding hydrogens is 318 g/mol. The standard InChI is InChI=1S/C18H23N5O2/c1-13-11-16(14-5-3-4-6-15(14)20-13)21-18(25)19-12-17(24)23-9-7-22(2)8-10-23/h3-6,11H,7-10,12H2,1-2H3,(H2,19,20,21,25). The fraction of sp³-hybridized carbons (Fsp3) is 0.389. The van der Waals surface area contributed by atoms with Crippen molar-refractivity contribution in [1.29, 1.82) is 0 Å². The molecule has 7 nitrogen and oxygen atoms in total. The van der Waals surface area contributed by atoms with Crippen LogP contribution in [0.5, 0.6) is 0 Å². The Morgan fingerprint density at radius 2 is 1.88 bits per heavy atom. The van der Waals surface area contributed by atoms with Gasteiger partial charge in [0.25, 0.3) is 0 Å². The van der Waals surface area contributed by atoms with Gasteiger partial charge in [-0.15, -0.1) is 0 Å². The molecular formula is C18H23N5O2. The van der Waals surface area contributed by atoms with Crippen molar-refractivity contribution >= 4 is 28.5 Å². The molecule has 3 rings (SSSR count). The van der Waals surface area contributed by atoms with E-state index < -0.39 is 6.03 Å². The Hall–Kier alpha value is -2.67. The Morgan fingerprint density at radius 3 is 2.64 bits per heavy atom. The van der Waals surface area contributed by atoms with Crippen LogP contribution in [0, 0.1) is 6.92 Å². The van der Waals surface area contributed by atoms with E-state index in [1.807, 2.05) is 44.3 Å². The van der Waals surface area contributed by atoms with Crippen LogP contribution < -0.4 is 10.6 Å². The lowest BCUT2D eigenvalue weighted by Crippen LogP contribution is -2.50. The maximum atomic E-state index is 12.2. The third-order valence-electron chi connectivity index (χ3n) is 4.35. The third-order valence-corrected chi connectivity index (χ3v) is 4.35. The number of rotatable bonds is 3. The molecule has 3 amide bonds. The molecule has 1 aliphatic rings. The number of piperazine rings is 1. The smallest absolute Gasteiger partial charge is 0.319 e. The lowest BCUT2D eigenvalue weighted by atomic mass is 10.1. The Kier molecular flexibility index (Phi) is 5.14. The number of carbonyl (C=O) groups is 2. The number of fused-ring (bicyclic) bond motifs is 1. The molecule has 0 atom stereocenters. The van der Waals surface area contributed by atoms with Crippen molar-refractivity contribution in [3.63, 3.8) is 0 Å². The number of amides is 3. The molecule has 1 aromatic heterocycles. The second-order valence-electron chi connectivity index (χ2n) is 6.32. The van der Waals surface area contributed by atoms with E-state index in [4.69, 9.17) is 0 Å². The number of hydrogen-bond donors (Lipinski definition) is 2. The average molecular weight is 341 g/mol. The zero-order valence-electron chi connectivity index (χ0n) is 14.6. The Balaban J connectivity index is 1.59. The molecule has 1 fully saturated rings. The summed E-state index contributed by atoms with van der Waals surface area (Å²) >= 11 is 0. The number of carbonyl (C=O) groups excluding carboxylic acids is 2. The van der Waals surface area contributed by atoms with Gasteiger partial charge in [-0.1, -0.05) is 18.2 Å². The van der Waals surface area contributed by atoms with E-state index in [0.717, 1.165) is 29.7 Å². The second kappa shape index (κ2) is 7.48. The van der Waals surface area contributed by atoms with Gasteiger partial charge in [0.2, 0.25) is 5.91 Å². The number of aryl methyl sites for hydroxylation is 1. The molecule has 2 aromatic rings. The van der Waals surface area contributed by atoms with E-state index in [1.54, 1.807) is 4.90 Å². The molecule has 2 heterocycles. The molecule has 25 heavy (non-hydrogen) atoms. The number of nitrogens with one attached hydrogen (secondary N) is 2. The highest BCUT2D eigenvalue weighted by Crippen LogP contribution is 2.22.